The van der Waals surface area contributed by atoms with Crippen molar-refractivity contribution in [2.24, 2.45) is 0 Å². The maximum atomic E-state index is 11.9. The van der Waals surface area contributed by atoms with Gasteiger partial charge in [-0.15, -0.1) is 0 Å². The van der Waals surface area contributed by atoms with Gasteiger partial charge in [-0.1, -0.05) is 0 Å². The van der Waals surface area contributed by atoms with Crippen LogP contribution < -0.4 is 0 Å². The average molecular weight is 229 g/mol. The highest BCUT2D eigenvalue weighted by Gasteiger charge is 2.27. The highest BCUT2D eigenvalue weighted by molar-refractivity contribution is 5.76. The number of rotatable bonds is 7. The van der Waals surface area contributed by atoms with Crippen LogP contribution in [0.5, 0.6) is 0 Å². The molecule has 94 valence electrons. The Morgan fingerprint density at radius 2 is 2.19 bits per heavy atom. The lowest BCUT2D eigenvalue weighted by Gasteiger charge is -2.37. The molecule has 1 aliphatic carbocycles. The van der Waals surface area contributed by atoms with Gasteiger partial charge in [0, 0.05) is 25.6 Å². The molecule has 0 aromatic carbocycles. The van der Waals surface area contributed by atoms with Gasteiger partial charge in [0.05, 0.1) is 6.10 Å². The minimum absolute atomic E-state index is 0.124. The summed E-state index contributed by atoms with van der Waals surface area (Å²) in [5, 5.41) is 18.0. The van der Waals surface area contributed by atoms with Crippen LogP contribution in [0.15, 0.2) is 0 Å². The van der Waals surface area contributed by atoms with Crippen molar-refractivity contribution in [1.29, 1.82) is 0 Å². The lowest BCUT2D eigenvalue weighted by molar-refractivity contribution is -0.136. The van der Waals surface area contributed by atoms with Gasteiger partial charge in [0.15, 0.2) is 0 Å². The van der Waals surface area contributed by atoms with E-state index in [4.69, 9.17) is 10.2 Å². The average Bonchev–Trinajstić information content (AvgIpc) is 2.17. The Labute approximate surface area is 97.3 Å². The first-order valence-electron chi connectivity index (χ1n) is 6.23. The standard InChI is InChI=1S/C12H23NO3/c1-10(15)6-7-12(16)13(8-3-9-14)11-4-2-5-11/h10-11,14-15H,2-9H2,1H3. The zero-order valence-electron chi connectivity index (χ0n) is 10.1. The number of hydrogen-bond donors (Lipinski definition) is 2. The van der Waals surface area contributed by atoms with Crippen LogP contribution in [-0.4, -0.2) is 46.3 Å². The molecule has 1 amide bonds. The van der Waals surface area contributed by atoms with Crippen molar-refractivity contribution in [1.82, 2.24) is 4.90 Å². The summed E-state index contributed by atoms with van der Waals surface area (Å²) in [6.45, 7) is 2.49. The van der Waals surface area contributed by atoms with E-state index in [0.29, 0.717) is 31.8 Å². The third kappa shape index (κ3) is 4.10. The van der Waals surface area contributed by atoms with Gasteiger partial charge in [-0.25, -0.2) is 0 Å². The molecule has 0 heterocycles. The molecule has 0 aromatic heterocycles. The number of aliphatic hydroxyl groups is 2. The Bertz CT molecular complexity index is 214. The summed E-state index contributed by atoms with van der Waals surface area (Å²) in [6, 6.07) is 0.382. The highest BCUT2D eigenvalue weighted by Crippen LogP contribution is 2.25. The first kappa shape index (κ1) is 13.5. The van der Waals surface area contributed by atoms with Gasteiger partial charge in [-0.2, -0.15) is 0 Å². The van der Waals surface area contributed by atoms with Gasteiger partial charge >= 0.3 is 0 Å². The van der Waals surface area contributed by atoms with Crippen LogP contribution in [0.1, 0.15) is 45.4 Å². The van der Waals surface area contributed by atoms with E-state index >= 15 is 0 Å². The predicted octanol–water partition coefficient (Wildman–Crippen LogP) is 0.911. The molecule has 4 heteroatoms. The van der Waals surface area contributed by atoms with E-state index < -0.39 is 6.10 Å². The third-order valence-electron chi connectivity index (χ3n) is 3.17. The molecule has 1 rings (SSSR count). The molecule has 0 aromatic rings. The summed E-state index contributed by atoms with van der Waals surface area (Å²) in [5.41, 5.74) is 0. The van der Waals surface area contributed by atoms with E-state index in [0.717, 1.165) is 12.8 Å². The first-order chi connectivity index (χ1) is 7.65. The van der Waals surface area contributed by atoms with E-state index in [1.807, 2.05) is 4.90 Å². The predicted molar refractivity (Wildman–Crippen MR) is 62.0 cm³/mol. The van der Waals surface area contributed by atoms with Crippen molar-refractivity contribution in [2.75, 3.05) is 13.2 Å². The van der Waals surface area contributed by atoms with Gasteiger partial charge in [0.25, 0.3) is 0 Å². The summed E-state index contributed by atoms with van der Waals surface area (Å²) >= 11 is 0. The summed E-state index contributed by atoms with van der Waals surface area (Å²) in [7, 11) is 0. The second-order valence-corrected chi connectivity index (χ2v) is 4.64. The highest BCUT2D eigenvalue weighted by atomic mass is 16.3. The second-order valence-electron chi connectivity index (χ2n) is 4.64. The Morgan fingerprint density at radius 1 is 1.50 bits per heavy atom. The fourth-order valence-corrected chi connectivity index (χ4v) is 1.93. The third-order valence-corrected chi connectivity index (χ3v) is 3.17. The largest absolute Gasteiger partial charge is 0.396 e. The van der Waals surface area contributed by atoms with Gasteiger partial charge in [-0.3, -0.25) is 4.79 Å². The number of nitrogens with zero attached hydrogens (tertiary/aromatic N) is 1. The zero-order chi connectivity index (χ0) is 12.0. The maximum absolute atomic E-state index is 11.9. The molecule has 4 nitrogen and oxygen atoms in total. The summed E-state index contributed by atoms with van der Waals surface area (Å²) < 4.78 is 0. The smallest absolute Gasteiger partial charge is 0.222 e. The Kier molecular flexibility index (Phi) is 5.77. The molecule has 1 saturated carbocycles. The molecule has 1 atom stereocenters. The molecule has 0 radical (unpaired) electrons. The van der Waals surface area contributed by atoms with Crippen LogP contribution in [-0.2, 0) is 4.79 Å². The number of amides is 1. The van der Waals surface area contributed by atoms with Crippen LogP contribution in [0, 0.1) is 0 Å². The molecule has 1 fully saturated rings. The number of aliphatic hydroxyl groups excluding tert-OH is 2. The van der Waals surface area contributed by atoms with Gasteiger partial charge < -0.3 is 15.1 Å². The summed E-state index contributed by atoms with van der Waals surface area (Å²) in [4.78, 5) is 13.8. The Morgan fingerprint density at radius 3 is 2.62 bits per heavy atom. The monoisotopic (exact) mass is 229 g/mol. The molecule has 0 aliphatic heterocycles. The molecule has 1 unspecified atom stereocenters. The fraction of sp³-hybridized carbons (Fsp3) is 0.917. The molecule has 0 bridgehead atoms. The van der Waals surface area contributed by atoms with Crippen molar-refractivity contribution >= 4 is 5.91 Å². The van der Waals surface area contributed by atoms with Crippen molar-refractivity contribution in [2.45, 2.75) is 57.6 Å². The number of carbonyl (C=O) groups is 1. The lowest BCUT2D eigenvalue weighted by Crippen LogP contribution is -2.45. The van der Waals surface area contributed by atoms with Gasteiger partial charge in [0.1, 0.15) is 0 Å². The SMILES string of the molecule is CC(O)CCC(=O)N(CCCO)C1CCC1. The molecule has 16 heavy (non-hydrogen) atoms. The van der Waals surface area contributed by atoms with E-state index in [2.05, 4.69) is 0 Å². The van der Waals surface area contributed by atoms with E-state index in [1.165, 1.54) is 6.42 Å². The second kappa shape index (κ2) is 6.86. The Hall–Kier alpha value is -0.610. The van der Waals surface area contributed by atoms with Crippen molar-refractivity contribution < 1.29 is 15.0 Å². The van der Waals surface area contributed by atoms with E-state index in [1.54, 1.807) is 6.92 Å². The molecular weight excluding hydrogens is 206 g/mol. The number of carbonyl (C=O) groups excluding carboxylic acids is 1. The summed E-state index contributed by atoms with van der Waals surface area (Å²) in [6.07, 6.45) is 4.56. The van der Waals surface area contributed by atoms with Crippen molar-refractivity contribution in [3.05, 3.63) is 0 Å². The minimum atomic E-state index is -0.412. The molecule has 1 aliphatic rings. The van der Waals surface area contributed by atoms with Crippen LogP contribution in [0.2, 0.25) is 0 Å². The van der Waals surface area contributed by atoms with Crippen LogP contribution in [0.25, 0.3) is 0 Å². The number of hydrogen-bond acceptors (Lipinski definition) is 3. The quantitative estimate of drug-likeness (QED) is 0.682. The van der Waals surface area contributed by atoms with Crippen molar-refractivity contribution in [3.63, 3.8) is 0 Å². The normalized spacial score (nSPS) is 17.9. The van der Waals surface area contributed by atoms with Crippen molar-refractivity contribution in [3.8, 4) is 0 Å². The lowest BCUT2D eigenvalue weighted by atomic mass is 9.91. The molecular formula is C12H23NO3. The Balaban J connectivity index is 2.37. The fourth-order valence-electron chi connectivity index (χ4n) is 1.93. The topological polar surface area (TPSA) is 60.8 Å². The van der Waals surface area contributed by atoms with Crippen LogP contribution in [0.3, 0.4) is 0 Å². The zero-order valence-corrected chi connectivity index (χ0v) is 10.1. The molecule has 0 spiro atoms. The molecule has 2 N–H and O–H groups in total. The van der Waals surface area contributed by atoms with E-state index in [-0.39, 0.29) is 12.5 Å². The minimum Gasteiger partial charge on any atom is -0.396 e. The maximum Gasteiger partial charge on any atom is 0.222 e. The molecule has 0 saturated heterocycles. The van der Waals surface area contributed by atoms with Gasteiger partial charge in [0.2, 0.25) is 5.91 Å². The van der Waals surface area contributed by atoms with Crippen LogP contribution in [0.4, 0.5) is 0 Å². The van der Waals surface area contributed by atoms with Gasteiger partial charge in [-0.05, 0) is 39.0 Å². The summed E-state index contributed by atoms with van der Waals surface area (Å²) in [5.74, 6) is 0.124. The van der Waals surface area contributed by atoms with E-state index in [9.17, 15) is 4.79 Å². The van der Waals surface area contributed by atoms with Crippen LogP contribution >= 0.6 is 0 Å². The first-order valence-corrected chi connectivity index (χ1v) is 6.23.